The Morgan fingerprint density at radius 2 is 2.07 bits per heavy atom. The van der Waals surface area contributed by atoms with E-state index >= 15 is 0 Å². The van der Waals surface area contributed by atoms with Gasteiger partial charge in [-0.05, 0) is 36.5 Å². The lowest BCUT2D eigenvalue weighted by Gasteiger charge is -2.32. The van der Waals surface area contributed by atoms with Crippen molar-refractivity contribution < 1.29 is 9.53 Å². The van der Waals surface area contributed by atoms with Crippen molar-refractivity contribution in [3.63, 3.8) is 0 Å². The van der Waals surface area contributed by atoms with E-state index in [2.05, 4.69) is 14.5 Å². The number of alkyl halides is 1. The summed E-state index contributed by atoms with van der Waals surface area (Å²) in [5, 5.41) is 0. The topological polar surface area (TPSA) is 60.2 Å². The largest absolute Gasteiger partial charge is 0.445 e. The molecule has 0 bridgehead atoms. The molecular formula is C21H23ClN4O2. The fourth-order valence-electron chi connectivity index (χ4n) is 3.75. The zero-order chi connectivity index (χ0) is 19.3. The molecule has 146 valence electrons. The quantitative estimate of drug-likeness (QED) is 0.604. The lowest BCUT2D eigenvalue weighted by molar-refractivity contribution is 0.0769. The number of ether oxygens (including phenoxy) is 1. The van der Waals surface area contributed by atoms with Gasteiger partial charge in [-0.3, -0.25) is 0 Å². The second-order valence-electron chi connectivity index (χ2n) is 7.11. The lowest BCUT2D eigenvalue weighted by atomic mass is 9.98. The first-order valence-electron chi connectivity index (χ1n) is 9.56. The van der Waals surface area contributed by atoms with Crippen molar-refractivity contribution in [1.82, 2.24) is 19.4 Å². The zero-order valence-corrected chi connectivity index (χ0v) is 16.4. The molecule has 0 unspecified atom stereocenters. The summed E-state index contributed by atoms with van der Waals surface area (Å²) >= 11 is 6.10. The van der Waals surface area contributed by atoms with Crippen LogP contribution < -0.4 is 0 Å². The van der Waals surface area contributed by atoms with Crippen LogP contribution in [0.1, 0.15) is 24.2 Å². The molecule has 0 radical (unpaired) electrons. The minimum Gasteiger partial charge on any atom is -0.445 e. The summed E-state index contributed by atoms with van der Waals surface area (Å²) in [5.41, 5.74) is 2.70. The third kappa shape index (κ3) is 4.12. The molecule has 6 nitrogen and oxygen atoms in total. The SMILES string of the molecule is O=C(OCc1ccccc1)N1CCC[C@H](Cn2c(CCl)nc3cccnc32)C1. The zero-order valence-electron chi connectivity index (χ0n) is 15.6. The van der Waals surface area contributed by atoms with Gasteiger partial charge in [0.15, 0.2) is 5.65 Å². The van der Waals surface area contributed by atoms with Crippen LogP contribution in [0.5, 0.6) is 0 Å². The number of benzene rings is 1. The Kier molecular flexibility index (Phi) is 5.76. The first-order chi connectivity index (χ1) is 13.7. The van der Waals surface area contributed by atoms with E-state index in [1.807, 2.05) is 47.4 Å². The minimum atomic E-state index is -0.250. The third-order valence-electron chi connectivity index (χ3n) is 5.13. The molecule has 0 aliphatic carbocycles. The number of fused-ring (bicyclic) bond motifs is 1. The van der Waals surface area contributed by atoms with Crippen molar-refractivity contribution in [3.05, 3.63) is 60.0 Å². The van der Waals surface area contributed by atoms with Crippen molar-refractivity contribution >= 4 is 28.9 Å². The third-order valence-corrected chi connectivity index (χ3v) is 5.36. The summed E-state index contributed by atoms with van der Waals surface area (Å²) in [6.07, 6.45) is 3.53. The highest BCUT2D eigenvalue weighted by Gasteiger charge is 2.26. The average Bonchev–Trinajstić information content (AvgIpc) is 3.10. The number of nitrogens with zero attached hydrogens (tertiary/aromatic N) is 4. The summed E-state index contributed by atoms with van der Waals surface area (Å²) < 4.78 is 7.59. The Morgan fingerprint density at radius 1 is 1.21 bits per heavy atom. The van der Waals surface area contributed by atoms with E-state index in [-0.39, 0.29) is 6.09 Å². The molecular weight excluding hydrogens is 376 g/mol. The van der Waals surface area contributed by atoms with Crippen LogP contribution in [-0.2, 0) is 23.8 Å². The van der Waals surface area contributed by atoms with Gasteiger partial charge in [-0.2, -0.15) is 0 Å². The van der Waals surface area contributed by atoms with Crippen molar-refractivity contribution in [3.8, 4) is 0 Å². The van der Waals surface area contributed by atoms with Crippen LogP contribution in [0.3, 0.4) is 0 Å². The summed E-state index contributed by atoms with van der Waals surface area (Å²) in [6, 6.07) is 13.6. The van der Waals surface area contributed by atoms with E-state index in [9.17, 15) is 4.79 Å². The summed E-state index contributed by atoms with van der Waals surface area (Å²) in [5.74, 6) is 1.48. The van der Waals surface area contributed by atoms with Crippen LogP contribution in [0.2, 0.25) is 0 Å². The number of carbonyl (C=O) groups excluding carboxylic acids is 1. The van der Waals surface area contributed by atoms with Gasteiger partial charge in [-0.1, -0.05) is 30.3 Å². The van der Waals surface area contributed by atoms with Gasteiger partial charge in [0, 0.05) is 25.8 Å². The van der Waals surface area contributed by atoms with Gasteiger partial charge in [0.2, 0.25) is 0 Å². The minimum absolute atomic E-state index is 0.250. The Hall–Kier alpha value is -2.60. The van der Waals surface area contributed by atoms with Gasteiger partial charge in [0.25, 0.3) is 0 Å². The summed E-state index contributed by atoms with van der Waals surface area (Å²) in [4.78, 5) is 23.4. The number of likely N-dealkylation sites (tertiary alicyclic amines) is 1. The van der Waals surface area contributed by atoms with Crippen molar-refractivity contribution in [1.29, 1.82) is 0 Å². The second kappa shape index (κ2) is 8.61. The second-order valence-corrected chi connectivity index (χ2v) is 7.38. The maximum absolute atomic E-state index is 12.5. The number of hydrogen-bond donors (Lipinski definition) is 0. The van der Waals surface area contributed by atoms with Gasteiger partial charge in [-0.15, -0.1) is 11.6 Å². The Balaban J connectivity index is 1.41. The van der Waals surface area contributed by atoms with Crippen LogP contribution >= 0.6 is 11.6 Å². The van der Waals surface area contributed by atoms with Gasteiger partial charge < -0.3 is 14.2 Å². The fourth-order valence-corrected chi connectivity index (χ4v) is 3.95. The van der Waals surface area contributed by atoms with Crippen molar-refractivity contribution in [2.24, 2.45) is 5.92 Å². The Labute approximate surface area is 169 Å². The number of rotatable bonds is 5. The van der Waals surface area contributed by atoms with Gasteiger partial charge in [0.1, 0.15) is 17.9 Å². The first-order valence-corrected chi connectivity index (χ1v) is 10.1. The molecule has 1 amide bonds. The molecule has 1 fully saturated rings. The van der Waals surface area contributed by atoms with E-state index in [0.717, 1.165) is 48.5 Å². The highest BCUT2D eigenvalue weighted by Crippen LogP contribution is 2.23. The number of aromatic nitrogens is 3. The number of amides is 1. The maximum atomic E-state index is 12.5. The molecule has 1 aromatic carbocycles. The monoisotopic (exact) mass is 398 g/mol. The average molecular weight is 399 g/mol. The highest BCUT2D eigenvalue weighted by molar-refractivity contribution is 6.16. The van der Waals surface area contributed by atoms with E-state index in [1.54, 1.807) is 6.20 Å². The normalized spacial score (nSPS) is 17.0. The number of piperidine rings is 1. The Morgan fingerprint density at radius 3 is 2.89 bits per heavy atom. The number of carbonyl (C=O) groups is 1. The predicted molar refractivity (Wildman–Crippen MR) is 108 cm³/mol. The highest BCUT2D eigenvalue weighted by atomic mass is 35.5. The van der Waals surface area contributed by atoms with Gasteiger partial charge in [-0.25, -0.2) is 14.8 Å². The predicted octanol–water partition coefficient (Wildman–Crippen LogP) is 4.22. The molecule has 3 aromatic rings. The van der Waals surface area contributed by atoms with Crippen LogP contribution in [0.25, 0.3) is 11.2 Å². The molecule has 1 atom stereocenters. The van der Waals surface area contributed by atoms with E-state index < -0.39 is 0 Å². The molecule has 28 heavy (non-hydrogen) atoms. The number of halogens is 1. The molecule has 0 spiro atoms. The van der Waals surface area contributed by atoms with Crippen molar-refractivity contribution in [2.45, 2.75) is 31.9 Å². The fraction of sp³-hybridized carbons (Fsp3) is 0.381. The smallest absolute Gasteiger partial charge is 0.410 e. The van der Waals surface area contributed by atoms with Crippen molar-refractivity contribution in [2.75, 3.05) is 13.1 Å². The van der Waals surface area contributed by atoms with E-state index in [0.29, 0.717) is 24.9 Å². The standard InChI is InChI=1S/C21H23ClN4O2/c22-12-19-24-18-9-4-10-23-20(18)26(19)14-17-8-5-11-25(13-17)21(27)28-15-16-6-2-1-3-7-16/h1-4,6-7,9-10,17H,5,8,11-15H2/t17-/m0/s1. The lowest BCUT2D eigenvalue weighted by Crippen LogP contribution is -2.41. The van der Waals surface area contributed by atoms with Crippen LogP contribution in [-0.4, -0.2) is 38.6 Å². The maximum Gasteiger partial charge on any atom is 0.410 e. The van der Waals surface area contributed by atoms with E-state index in [1.165, 1.54) is 0 Å². The molecule has 0 saturated carbocycles. The Bertz CT molecular complexity index is 944. The van der Waals surface area contributed by atoms with E-state index in [4.69, 9.17) is 16.3 Å². The summed E-state index contributed by atoms with van der Waals surface area (Å²) in [7, 11) is 0. The molecule has 3 heterocycles. The molecule has 1 aliphatic rings. The molecule has 1 saturated heterocycles. The van der Waals surface area contributed by atoms with Gasteiger partial charge >= 0.3 is 6.09 Å². The first kappa shape index (κ1) is 18.7. The molecule has 4 rings (SSSR count). The molecule has 7 heteroatoms. The summed E-state index contributed by atoms with van der Waals surface area (Å²) in [6.45, 7) is 2.45. The molecule has 0 N–H and O–H groups in total. The number of pyridine rings is 1. The van der Waals surface area contributed by atoms with Gasteiger partial charge in [0.05, 0.1) is 5.88 Å². The van der Waals surface area contributed by atoms with Crippen LogP contribution in [0.15, 0.2) is 48.7 Å². The molecule has 2 aromatic heterocycles. The van der Waals surface area contributed by atoms with Crippen LogP contribution in [0, 0.1) is 5.92 Å². The number of hydrogen-bond acceptors (Lipinski definition) is 4. The number of imidazole rings is 1. The van der Waals surface area contributed by atoms with Crippen LogP contribution in [0.4, 0.5) is 4.79 Å². The molecule has 1 aliphatic heterocycles.